The molecule has 2 heterocycles. The number of rotatable bonds is 8. The van der Waals surface area contributed by atoms with Crippen molar-refractivity contribution in [1.82, 2.24) is 10.3 Å². The molecule has 0 aliphatic rings. The largest absolute Gasteiger partial charge is 0.493 e. The summed E-state index contributed by atoms with van der Waals surface area (Å²) in [5.41, 5.74) is 11.6. The van der Waals surface area contributed by atoms with Crippen LogP contribution in [0.5, 0.6) is 11.5 Å². The molecule has 0 saturated carbocycles. The van der Waals surface area contributed by atoms with Gasteiger partial charge in [0.1, 0.15) is 9.71 Å². The van der Waals surface area contributed by atoms with Crippen LogP contribution in [0.2, 0.25) is 0 Å². The summed E-state index contributed by atoms with van der Waals surface area (Å²) in [4.78, 5) is 19.2. The first-order chi connectivity index (χ1) is 18.1. The van der Waals surface area contributed by atoms with Crippen LogP contribution in [0.15, 0.2) is 84.9 Å². The summed E-state index contributed by atoms with van der Waals surface area (Å²) in [5.74, 6) is 0.996. The van der Waals surface area contributed by atoms with E-state index >= 15 is 0 Å². The van der Waals surface area contributed by atoms with E-state index in [1.54, 1.807) is 14.2 Å². The second kappa shape index (κ2) is 10.7. The average Bonchev–Trinajstić information content (AvgIpc) is 3.29. The first-order valence-electron chi connectivity index (χ1n) is 11.9. The van der Waals surface area contributed by atoms with E-state index in [0.717, 1.165) is 39.8 Å². The van der Waals surface area contributed by atoms with Crippen LogP contribution in [0, 0.1) is 0 Å². The predicted molar refractivity (Wildman–Crippen MR) is 150 cm³/mol. The Morgan fingerprint density at radius 3 is 2.35 bits per heavy atom. The molecule has 5 rings (SSSR count). The number of anilines is 1. The summed E-state index contributed by atoms with van der Waals surface area (Å²) in [6, 6.07) is 27.7. The maximum absolute atomic E-state index is 13.2. The maximum atomic E-state index is 13.2. The smallest absolute Gasteiger partial charge is 0.263 e. The van der Waals surface area contributed by atoms with E-state index in [0.29, 0.717) is 33.4 Å². The van der Waals surface area contributed by atoms with Gasteiger partial charge in [-0.25, -0.2) is 4.98 Å². The molecule has 37 heavy (non-hydrogen) atoms. The molecular weight excluding hydrogens is 482 g/mol. The van der Waals surface area contributed by atoms with Crippen LogP contribution in [0.1, 0.15) is 15.2 Å². The van der Waals surface area contributed by atoms with Gasteiger partial charge in [-0.15, -0.1) is 11.3 Å². The number of ether oxygens (including phenoxy) is 2. The lowest BCUT2D eigenvalue weighted by atomic mass is 9.98. The number of nitrogens with one attached hydrogen (secondary N) is 1. The number of thiophene rings is 1. The van der Waals surface area contributed by atoms with E-state index < -0.39 is 0 Å². The number of carbonyl (C=O) groups is 1. The number of pyridine rings is 1. The Kier molecular flexibility index (Phi) is 7.05. The minimum absolute atomic E-state index is 0.207. The number of methoxy groups -OCH3 is 2. The van der Waals surface area contributed by atoms with Crippen LogP contribution in [0.25, 0.3) is 32.6 Å². The van der Waals surface area contributed by atoms with Crippen LogP contribution < -0.4 is 20.5 Å². The van der Waals surface area contributed by atoms with Crippen LogP contribution in [-0.4, -0.2) is 31.7 Å². The molecule has 0 unspecified atom stereocenters. The first kappa shape index (κ1) is 24.3. The monoisotopic (exact) mass is 509 g/mol. The number of benzene rings is 3. The van der Waals surface area contributed by atoms with E-state index in [-0.39, 0.29) is 5.91 Å². The molecule has 2 aromatic heterocycles. The summed E-state index contributed by atoms with van der Waals surface area (Å²) >= 11 is 1.30. The molecule has 1 amide bonds. The van der Waals surface area contributed by atoms with E-state index in [2.05, 4.69) is 5.32 Å². The van der Waals surface area contributed by atoms with Crippen molar-refractivity contribution < 1.29 is 14.3 Å². The molecule has 186 valence electrons. The van der Waals surface area contributed by atoms with Crippen molar-refractivity contribution in [1.29, 1.82) is 0 Å². The lowest BCUT2D eigenvalue weighted by molar-refractivity contribution is 0.0959. The van der Waals surface area contributed by atoms with E-state index in [1.807, 2.05) is 84.9 Å². The van der Waals surface area contributed by atoms with Gasteiger partial charge in [-0.2, -0.15) is 0 Å². The van der Waals surface area contributed by atoms with Crippen molar-refractivity contribution in [2.24, 2.45) is 0 Å². The highest BCUT2D eigenvalue weighted by Gasteiger charge is 2.23. The van der Waals surface area contributed by atoms with Crippen LogP contribution in [-0.2, 0) is 6.42 Å². The highest BCUT2D eigenvalue weighted by atomic mass is 32.1. The average molecular weight is 510 g/mol. The number of amides is 1. The number of para-hydroxylation sites is 1. The summed E-state index contributed by atoms with van der Waals surface area (Å²) in [5, 5.41) is 3.74. The number of aromatic nitrogens is 1. The predicted octanol–water partition coefficient (Wildman–Crippen LogP) is 6.20. The Hall–Kier alpha value is -4.36. The van der Waals surface area contributed by atoms with Gasteiger partial charge in [-0.1, -0.05) is 72.8 Å². The third-order valence-electron chi connectivity index (χ3n) is 6.21. The third kappa shape index (κ3) is 4.86. The van der Waals surface area contributed by atoms with Crippen molar-refractivity contribution in [2.45, 2.75) is 6.42 Å². The van der Waals surface area contributed by atoms with Crippen molar-refractivity contribution in [3.8, 4) is 33.9 Å². The molecule has 0 aliphatic carbocycles. The van der Waals surface area contributed by atoms with Gasteiger partial charge in [0.05, 0.1) is 25.6 Å². The molecule has 0 radical (unpaired) electrons. The molecule has 0 saturated heterocycles. The Morgan fingerprint density at radius 2 is 1.65 bits per heavy atom. The van der Waals surface area contributed by atoms with Gasteiger partial charge >= 0.3 is 0 Å². The first-order valence-corrected chi connectivity index (χ1v) is 12.7. The summed E-state index contributed by atoms with van der Waals surface area (Å²) in [7, 11) is 3.22. The minimum atomic E-state index is -0.207. The number of nitrogens with two attached hydrogens (primary N) is 1. The van der Waals surface area contributed by atoms with Crippen molar-refractivity contribution in [3.63, 3.8) is 0 Å². The molecule has 5 aromatic rings. The fraction of sp³-hybridized carbons (Fsp3) is 0.133. The molecule has 6 nitrogen and oxygen atoms in total. The maximum Gasteiger partial charge on any atom is 0.263 e. The molecule has 3 aromatic carbocycles. The zero-order chi connectivity index (χ0) is 25.8. The Morgan fingerprint density at radius 1 is 0.919 bits per heavy atom. The third-order valence-corrected chi connectivity index (χ3v) is 7.31. The quantitative estimate of drug-likeness (QED) is 0.260. The van der Waals surface area contributed by atoms with Gasteiger partial charge in [0.2, 0.25) is 0 Å². The van der Waals surface area contributed by atoms with Gasteiger partial charge in [-0.3, -0.25) is 4.79 Å². The second-order valence-corrected chi connectivity index (χ2v) is 9.48. The van der Waals surface area contributed by atoms with Gasteiger partial charge < -0.3 is 20.5 Å². The fourth-order valence-electron chi connectivity index (χ4n) is 4.40. The SMILES string of the molecule is COc1cccc(-c2cc(-c3ccccc3)nc3sc(C(=O)NCCc4ccccc4)c(N)c23)c1OC. The Labute approximate surface area is 219 Å². The number of hydrogen-bond acceptors (Lipinski definition) is 6. The van der Waals surface area contributed by atoms with Crippen molar-refractivity contribution in [2.75, 3.05) is 26.5 Å². The Bertz CT molecular complexity index is 1550. The van der Waals surface area contributed by atoms with E-state index in [9.17, 15) is 4.79 Å². The Balaban J connectivity index is 1.61. The zero-order valence-electron chi connectivity index (χ0n) is 20.7. The summed E-state index contributed by atoms with van der Waals surface area (Å²) in [6.07, 6.45) is 0.736. The number of nitrogen functional groups attached to an aromatic ring is 1. The van der Waals surface area contributed by atoms with Crippen LogP contribution >= 0.6 is 11.3 Å². The lowest BCUT2D eigenvalue weighted by Gasteiger charge is -2.15. The molecule has 0 spiro atoms. The number of nitrogens with zero attached hydrogens (tertiary/aromatic N) is 1. The van der Waals surface area contributed by atoms with Crippen molar-refractivity contribution in [3.05, 3.63) is 95.4 Å². The zero-order valence-corrected chi connectivity index (χ0v) is 21.5. The second-order valence-electron chi connectivity index (χ2n) is 8.48. The molecule has 7 heteroatoms. The van der Waals surface area contributed by atoms with Crippen LogP contribution in [0.4, 0.5) is 5.69 Å². The highest BCUT2D eigenvalue weighted by molar-refractivity contribution is 7.21. The summed E-state index contributed by atoms with van der Waals surface area (Å²) in [6.45, 7) is 0.510. The molecular formula is C30H27N3O3S. The molecule has 3 N–H and O–H groups in total. The molecule has 0 atom stereocenters. The van der Waals surface area contributed by atoms with Gasteiger partial charge in [0.15, 0.2) is 11.5 Å². The van der Waals surface area contributed by atoms with Crippen LogP contribution in [0.3, 0.4) is 0 Å². The standard InChI is InChI=1S/C30H27N3O3S/c1-35-24-15-9-14-21(27(24)36-2)22-18-23(20-12-7-4-8-13-20)33-30-25(22)26(31)28(37-30)29(34)32-17-16-19-10-5-3-6-11-19/h3-15,18H,16-17,31H2,1-2H3,(H,32,34). The molecule has 0 fully saturated rings. The van der Waals surface area contributed by atoms with Gasteiger partial charge in [0, 0.05) is 28.6 Å². The highest BCUT2D eigenvalue weighted by Crippen LogP contribution is 2.46. The van der Waals surface area contributed by atoms with Crippen molar-refractivity contribution >= 4 is 33.1 Å². The van der Waals surface area contributed by atoms with E-state index in [4.69, 9.17) is 20.2 Å². The van der Waals surface area contributed by atoms with Gasteiger partial charge in [0.25, 0.3) is 5.91 Å². The fourth-order valence-corrected chi connectivity index (χ4v) is 5.44. The van der Waals surface area contributed by atoms with E-state index in [1.165, 1.54) is 11.3 Å². The number of hydrogen-bond donors (Lipinski definition) is 2. The molecule has 0 aliphatic heterocycles. The van der Waals surface area contributed by atoms with Gasteiger partial charge in [-0.05, 0) is 24.1 Å². The number of carbonyl (C=O) groups excluding carboxylic acids is 1. The number of fused-ring (bicyclic) bond motifs is 1. The summed E-state index contributed by atoms with van der Waals surface area (Å²) < 4.78 is 11.3. The topological polar surface area (TPSA) is 86.5 Å². The lowest BCUT2D eigenvalue weighted by Crippen LogP contribution is -2.25. The molecule has 0 bridgehead atoms. The normalized spacial score (nSPS) is 10.9. The minimum Gasteiger partial charge on any atom is -0.493 e.